The van der Waals surface area contributed by atoms with Crippen LogP contribution in [0.4, 0.5) is 0 Å². The number of hydrogen-bond donors (Lipinski definition) is 0. The molecule has 0 radical (unpaired) electrons. The van der Waals surface area contributed by atoms with Crippen molar-refractivity contribution >= 4 is 65.0 Å². The minimum atomic E-state index is 0.911. The molecule has 0 atom stereocenters. The van der Waals surface area contributed by atoms with Crippen LogP contribution in [-0.4, -0.2) is 14.5 Å². The maximum absolute atomic E-state index is 5.52. The maximum atomic E-state index is 5.52. The smallest absolute Gasteiger partial charge is 0.0809 e. The van der Waals surface area contributed by atoms with E-state index in [0.717, 1.165) is 72.4 Å². The number of hydrogen-bond acceptors (Lipinski definition) is 2. The van der Waals surface area contributed by atoms with Crippen LogP contribution in [0.2, 0.25) is 0 Å². The number of para-hydroxylation sites is 3. The van der Waals surface area contributed by atoms with E-state index in [-0.39, 0.29) is 0 Å². The van der Waals surface area contributed by atoms with Crippen LogP contribution in [0.1, 0.15) is 0 Å². The van der Waals surface area contributed by atoms with Crippen LogP contribution in [0.3, 0.4) is 0 Å². The first-order valence-electron chi connectivity index (χ1n) is 20.1. The van der Waals surface area contributed by atoms with Crippen LogP contribution in [0.25, 0.3) is 116 Å². The molecule has 0 spiro atoms. The molecule has 0 aliphatic rings. The van der Waals surface area contributed by atoms with Crippen LogP contribution in [0.5, 0.6) is 0 Å². The van der Waals surface area contributed by atoms with E-state index in [1.165, 1.54) is 43.2 Å². The number of rotatable bonds is 5. The quantitative estimate of drug-likeness (QED) is 0.164. The molecule has 0 bridgehead atoms. The molecule has 0 saturated carbocycles. The summed E-state index contributed by atoms with van der Waals surface area (Å²) in [6.07, 6.45) is 0. The molecule has 3 heterocycles. The lowest BCUT2D eigenvalue weighted by Gasteiger charge is -2.15. The monoisotopic (exact) mass is 749 g/mol. The second kappa shape index (κ2) is 13.4. The lowest BCUT2D eigenvalue weighted by Crippen LogP contribution is -1.97. The van der Waals surface area contributed by atoms with Crippen LogP contribution < -0.4 is 0 Å². The Kier molecular flexibility index (Phi) is 7.54. The van der Waals surface area contributed by atoms with Gasteiger partial charge in [-0.3, -0.25) is 0 Å². The molecular weight excluding hydrogens is 715 g/mol. The van der Waals surface area contributed by atoms with Gasteiger partial charge in [-0.1, -0.05) is 158 Å². The maximum Gasteiger partial charge on any atom is 0.0809 e. The molecule has 3 nitrogen and oxygen atoms in total. The zero-order valence-electron chi connectivity index (χ0n) is 32.0. The van der Waals surface area contributed by atoms with E-state index in [4.69, 9.17) is 9.97 Å². The predicted molar refractivity (Wildman–Crippen MR) is 248 cm³/mol. The van der Waals surface area contributed by atoms with E-state index in [2.05, 4.69) is 217 Å². The van der Waals surface area contributed by atoms with E-state index >= 15 is 0 Å². The van der Waals surface area contributed by atoms with E-state index in [9.17, 15) is 0 Å². The van der Waals surface area contributed by atoms with Crippen molar-refractivity contribution in [1.82, 2.24) is 14.5 Å². The Hall–Kier alpha value is -7.88. The van der Waals surface area contributed by atoms with Crippen molar-refractivity contribution in [1.29, 1.82) is 0 Å². The summed E-state index contributed by atoms with van der Waals surface area (Å²) >= 11 is 0. The number of nitrogens with zero attached hydrogens (tertiary/aromatic N) is 3. The van der Waals surface area contributed by atoms with Crippen molar-refractivity contribution in [3.63, 3.8) is 0 Å². The van der Waals surface area contributed by atoms with Crippen molar-refractivity contribution in [2.75, 3.05) is 0 Å². The molecule has 0 N–H and O–H groups in total. The van der Waals surface area contributed by atoms with Crippen molar-refractivity contribution in [3.05, 3.63) is 212 Å². The van der Waals surface area contributed by atoms with Gasteiger partial charge in [0.2, 0.25) is 0 Å². The van der Waals surface area contributed by atoms with Crippen LogP contribution in [0.15, 0.2) is 212 Å². The average Bonchev–Trinajstić information content (AvgIpc) is 3.66. The van der Waals surface area contributed by atoms with Gasteiger partial charge in [0.15, 0.2) is 0 Å². The Balaban J connectivity index is 1.12. The summed E-state index contributed by atoms with van der Waals surface area (Å²) < 4.78 is 2.42. The first kappa shape index (κ1) is 33.3. The van der Waals surface area contributed by atoms with Gasteiger partial charge in [-0.15, -0.1) is 0 Å². The molecule has 59 heavy (non-hydrogen) atoms. The Labute approximate surface area is 341 Å². The molecule has 3 heteroatoms. The molecule has 0 aliphatic heterocycles. The van der Waals surface area contributed by atoms with Crippen molar-refractivity contribution < 1.29 is 0 Å². The van der Waals surface area contributed by atoms with Crippen LogP contribution in [-0.2, 0) is 0 Å². The summed E-state index contributed by atoms with van der Waals surface area (Å²) in [5.41, 5.74) is 12.7. The summed E-state index contributed by atoms with van der Waals surface area (Å²) in [6, 6.07) is 76.3. The van der Waals surface area contributed by atoms with Gasteiger partial charge < -0.3 is 4.57 Å². The standard InChI is InChI=1S/C56H35N3/c1-2-19-45(20-3-1)59-53-24-11-9-22-47(53)49-30-29-48-46-21-8-10-23-50(46)58-55(54(48)56(49)59)43-18-12-17-41(33-43)51-34-44(40-27-25-36-13-4-6-15-38(36)31-40)35-52(57-51)42-28-26-37-14-5-7-16-39(37)32-42/h1-35H. The van der Waals surface area contributed by atoms with E-state index < -0.39 is 0 Å². The fourth-order valence-corrected chi connectivity index (χ4v) is 9.09. The van der Waals surface area contributed by atoms with Gasteiger partial charge in [-0.25, -0.2) is 9.97 Å². The highest BCUT2D eigenvalue weighted by atomic mass is 15.0. The summed E-state index contributed by atoms with van der Waals surface area (Å²) in [5.74, 6) is 0. The summed E-state index contributed by atoms with van der Waals surface area (Å²) in [5, 5.41) is 10.7. The van der Waals surface area contributed by atoms with E-state index in [1.807, 2.05) is 0 Å². The number of pyridine rings is 2. The number of benzene rings is 9. The Morgan fingerprint density at radius 3 is 1.69 bits per heavy atom. The van der Waals surface area contributed by atoms with Crippen molar-refractivity contribution in [2.24, 2.45) is 0 Å². The van der Waals surface area contributed by atoms with Gasteiger partial charge >= 0.3 is 0 Å². The minimum Gasteiger partial charge on any atom is -0.309 e. The molecule has 0 amide bonds. The molecule has 274 valence electrons. The second-order valence-corrected chi connectivity index (χ2v) is 15.4. The third-order valence-electron chi connectivity index (χ3n) is 11.9. The summed E-state index contributed by atoms with van der Waals surface area (Å²) in [6.45, 7) is 0. The Morgan fingerprint density at radius 1 is 0.322 bits per heavy atom. The minimum absolute atomic E-state index is 0.911. The second-order valence-electron chi connectivity index (χ2n) is 15.4. The lowest BCUT2D eigenvalue weighted by molar-refractivity contribution is 1.19. The van der Waals surface area contributed by atoms with Gasteiger partial charge in [0.05, 0.1) is 33.6 Å². The van der Waals surface area contributed by atoms with Gasteiger partial charge in [0.25, 0.3) is 0 Å². The van der Waals surface area contributed by atoms with E-state index in [0.29, 0.717) is 0 Å². The van der Waals surface area contributed by atoms with E-state index in [1.54, 1.807) is 0 Å². The van der Waals surface area contributed by atoms with Gasteiger partial charge in [0.1, 0.15) is 0 Å². The first-order chi connectivity index (χ1) is 29.2. The first-order valence-corrected chi connectivity index (χ1v) is 20.1. The molecule has 0 unspecified atom stereocenters. The highest BCUT2D eigenvalue weighted by Gasteiger charge is 2.21. The molecule has 3 aromatic heterocycles. The SMILES string of the molecule is c1ccc(-n2c3ccccc3c3ccc4c5ccccc5nc(-c5cccc(-c6cc(-c7ccc8ccccc8c7)cc(-c7ccc8ccccc8c7)n6)c5)c4c32)cc1. The fraction of sp³-hybridized carbons (Fsp3) is 0. The molecule has 12 aromatic rings. The Bertz CT molecular complexity index is 3520. The molecule has 0 fully saturated rings. The van der Waals surface area contributed by atoms with Crippen molar-refractivity contribution in [3.8, 4) is 50.6 Å². The fourth-order valence-electron chi connectivity index (χ4n) is 9.09. The topological polar surface area (TPSA) is 30.7 Å². The zero-order valence-corrected chi connectivity index (χ0v) is 32.0. The third-order valence-corrected chi connectivity index (χ3v) is 11.9. The number of aromatic nitrogens is 3. The largest absolute Gasteiger partial charge is 0.309 e. The average molecular weight is 750 g/mol. The van der Waals surface area contributed by atoms with Gasteiger partial charge in [-0.05, 0) is 92.7 Å². The lowest BCUT2D eigenvalue weighted by atomic mass is 9.95. The normalized spacial score (nSPS) is 11.7. The van der Waals surface area contributed by atoms with Crippen LogP contribution >= 0.6 is 0 Å². The molecule has 9 aromatic carbocycles. The highest BCUT2D eigenvalue weighted by molar-refractivity contribution is 6.25. The summed E-state index contributed by atoms with van der Waals surface area (Å²) in [7, 11) is 0. The zero-order chi connectivity index (χ0) is 38.9. The highest BCUT2D eigenvalue weighted by Crippen LogP contribution is 2.43. The molecular formula is C56H35N3. The predicted octanol–water partition coefficient (Wildman–Crippen LogP) is 14.9. The molecule has 0 aliphatic carbocycles. The third kappa shape index (κ3) is 5.51. The molecule has 0 saturated heterocycles. The number of fused-ring (bicyclic) bond motifs is 9. The molecule has 12 rings (SSSR count). The Morgan fingerprint density at radius 2 is 0.915 bits per heavy atom. The van der Waals surface area contributed by atoms with Crippen LogP contribution in [0, 0.1) is 0 Å². The van der Waals surface area contributed by atoms with Gasteiger partial charge in [-0.2, -0.15) is 0 Å². The van der Waals surface area contributed by atoms with Gasteiger partial charge in [0, 0.05) is 43.9 Å². The summed E-state index contributed by atoms with van der Waals surface area (Å²) in [4.78, 5) is 10.9. The van der Waals surface area contributed by atoms with Crippen molar-refractivity contribution in [2.45, 2.75) is 0 Å².